The standard InChI is InChI=1S/C26H28IN9/c1-17(36-26-22(24(27)32-36)25(28)30-16-31-26)20-14-19-5-3-4-8-35(19)23(20)21-13-18(6-7-29-21)15-34-11-9-33(2)10-12-34/h3-8,13-14,16-17H,9-12,15H2,1-2H3,(H2,28,30,31). The maximum Gasteiger partial charge on any atom is 0.165 e. The normalized spacial score (nSPS) is 16.2. The summed E-state index contributed by atoms with van der Waals surface area (Å²) in [6.07, 6.45) is 5.53. The van der Waals surface area contributed by atoms with Crippen molar-refractivity contribution in [3.8, 4) is 11.4 Å². The van der Waals surface area contributed by atoms with E-state index < -0.39 is 0 Å². The van der Waals surface area contributed by atoms with Gasteiger partial charge in [-0.1, -0.05) is 6.07 Å². The lowest BCUT2D eigenvalue weighted by atomic mass is 10.0. The Kier molecular flexibility index (Phi) is 6.10. The minimum absolute atomic E-state index is 0.0942. The smallest absolute Gasteiger partial charge is 0.165 e. The van der Waals surface area contributed by atoms with Crippen LogP contribution in [0.2, 0.25) is 0 Å². The van der Waals surface area contributed by atoms with E-state index >= 15 is 0 Å². The monoisotopic (exact) mass is 593 g/mol. The number of rotatable bonds is 5. The molecule has 36 heavy (non-hydrogen) atoms. The molecule has 0 radical (unpaired) electrons. The van der Waals surface area contributed by atoms with Crippen LogP contribution < -0.4 is 5.73 Å². The molecule has 0 saturated carbocycles. The zero-order valence-electron chi connectivity index (χ0n) is 20.3. The van der Waals surface area contributed by atoms with E-state index in [0.717, 1.165) is 69.9 Å². The van der Waals surface area contributed by atoms with E-state index in [1.807, 2.05) is 10.9 Å². The van der Waals surface area contributed by atoms with Crippen molar-refractivity contribution >= 4 is 45.0 Å². The van der Waals surface area contributed by atoms with E-state index in [0.29, 0.717) is 5.82 Å². The third-order valence-electron chi connectivity index (χ3n) is 7.07. The van der Waals surface area contributed by atoms with Gasteiger partial charge in [0.05, 0.1) is 22.8 Å². The van der Waals surface area contributed by atoms with Gasteiger partial charge in [-0.3, -0.25) is 9.88 Å². The van der Waals surface area contributed by atoms with E-state index in [9.17, 15) is 0 Å². The SMILES string of the molecule is CC(c1cc2ccccn2c1-c1cc(CN2CCN(C)CC2)ccn1)n1nc(I)c2c(N)ncnc21. The summed E-state index contributed by atoms with van der Waals surface area (Å²) in [4.78, 5) is 18.4. The number of nitrogens with zero attached hydrogens (tertiary/aromatic N) is 8. The first-order valence-electron chi connectivity index (χ1n) is 12.1. The first kappa shape index (κ1) is 23.3. The average molecular weight is 593 g/mol. The molecule has 5 aromatic heterocycles. The van der Waals surface area contributed by atoms with Crippen LogP contribution in [0.3, 0.4) is 0 Å². The van der Waals surface area contributed by atoms with Crippen LogP contribution >= 0.6 is 22.6 Å². The van der Waals surface area contributed by atoms with E-state index in [1.54, 1.807) is 0 Å². The largest absolute Gasteiger partial charge is 0.383 e. The Morgan fingerprint density at radius 1 is 1.06 bits per heavy atom. The highest BCUT2D eigenvalue weighted by Crippen LogP contribution is 2.35. The Morgan fingerprint density at radius 2 is 1.89 bits per heavy atom. The quantitative estimate of drug-likeness (QED) is 0.311. The van der Waals surface area contributed by atoms with Crippen LogP contribution in [-0.4, -0.2) is 72.2 Å². The summed E-state index contributed by atoms with van der Waals surface area (Å²) in [5, 5.41) is 5.61. The number of hydrogen-bond acceptors (Lipinski definition) is 7. The Balaban J connectivity index is 1.44. The van der Waals surface area contributed by atoms with Gasteiger partial charge in [0.25, 0.3) is 0 Å². The predicted molar refractivity (Wildman–Crippen MR) is 150 cm³/mol. The minimum Gasteiger partial charge on any atom is -0.383 e. The van der Waals surface area contributed by atoms with Gasteiger partial charge in [-0.25, -0.2) is 14.6 Å². The number of hydrogen-bond donors (Lipinski definition) is 1. The van der Waals surface area contributed by atoms with Gasteiger partial charge in [0.15, 0.2) is 5.65 Å². The van der Waals surface area contributed by atoms with Gasteiger partial charge >= 0.3 is 0 Å². The Hall–Kier alpha value is -3.09. The van der Waals surface area contributed by atoms with Gasteiger partial charge in [-0.15, -0.1) is 0 Å². The van der Waals surface area contributed by atoms with Gasteiger partial charge in [0.2, 0.25) is 0 Å². The van der Waals surface area contributed by atoms with Crippen molar-refractivity contribution in [2.75, 3.05) is 39.0 Å². The third-order valence-corrected chi connectivity index (χ3v) is 7.83. The lowest BCUT2D eigenvalue weighted by molar-refractivity contribution is 0.148. The first-order chi connectivity index (χ1) is 17.5. The molecule has 10 heteroatoms. The van der Waals surface area contributed by atoms with Crippen LogP contribution in [0, 0.1) is 3.70 Å². The summed E-state index contributed by atoms with van der Waals surface area (Å²) < 4.78 is 4.96. The fourth-order valence-corrected chi connectivity index (χ4v) is 5.81. The minimum atomic E-state index is -0.0942. The first-order valence-corrected chi connectivity index (χ1v) is 13.2. The topological polar surface area (TPSA) is 93.4 Å². The molecule has 1 aliphatic heterocycles. The van der Waals surface area contributed by atoms with Crippen molar-refractivity contribution in [2.24, 2.45) is 0 Å². The van der Waals surface area contributed by atoms with Crippen LogP contribution in [0.15, 0.2) is 55.1 Å². The Bertz CT molecular complexity index is 1550. The maximum atomic E-state index is 6.16. The van der Waals surface area contributed by atoms with Crippen molar-refractivity contribution in [1.82, 2.24) is 38.9 Å². The second kappa shape index (κ2) is 9.41. The van der Waals surface area contributed by atoms with E-state index in [-0.39, 0.29) is 6.04 Å². The summed E-state index contributed by atoms with van der Waals surface area (Å²) in [7, 11) is 2.19. The molecule has 184 valence electrons. The molecule has 6 heterocycles. The van der Waals surface area contributed by atoms with Gasteiger partial charge in [0, 0.05) is 56.2 Å². The summed E-state index contributed by atoms with van der Waals surface area (Å²) in [5.41, 5.74) is 12.4. The zero-order chi connectivity index (χ0) is 24.8. The molecule has 0 bridgehead atoms. The van der Waals surface area contributed by atoms with Gasteiger partial charge in [-0.2, -0.15) is 5.10 Å². The number of aromatic nitrogens is 6. The van der Waals surface area contributed by atoms with Crippen molar-refractivity contribution in [3.63, 3.8) is 0 Å². The molecule has 1 fully saturated rings. The molecule has 1 aliphatic rings. The highest BCUT2D eigenvalue weighted by Gasteiger charge is 2.24. The van der Waals surface area contributed by atoms with Crippen LogP contribution in [0.1, 0.15) is 24.1 Å². The molecule has 0 amide bonds. The number of halogens is 1. The Morgan fingerprint density at radius 3 is 2.72 bits per heavy atom. The van der Waals surface area contributed by atoms with Crippen molar-refractivity contribution < 1.29 is 0 Å². The molecule has 1 saturated heterocycles. The summed E-state index contributed by atoms with van der Waals surface area (Å²) in [6, 6.07) is 12.7. The molecule has 1 unspecified atom stereocenters. The predicted octanol–water partition coefficient (Wildman–Crippen LogP) is 3.68. The third kappa shape index (κ3) is 4.12. The lowest BCUT2D eigenvalue weighted by Crippen LogP contribution is -2.43. The van der Waals surface area contributed by atoms with Gasteiger partial charge < -0.3 is 15.0 Å². The molecular weight excluding hydrogens is 565 g/mol. The van der Waals surface area contributed by atoms with Crippen LogP contribution in [0.4, 0.5) is 5.82 Å². The van der Waals surface area contributed by atoms with Crippen LogP contribution in [-0.2, 0) is 6.54 Å². The fraction of sp³-hybridized carbons (Fsp3) is 0.308. The van der Waals surface area contributed by atoms with Crippen molar-refractivity contribution in [2.45, 2.75) is 19.5 Å². The maximum absolute atomic E-state index is 6.16. The molecule has 2 N–H and O–H groups in total. The molecule has 0 aliphatic carbocycles. The molecule has 9 nitrogen and oxygen atoms in total. The van der Waals surface area contributed by atoms with Gasteiger partial charge in [-0.05, 0) is 72.5 Å². The second-order valence-corrected chi connectivity index (χ2v) is 10.5. The van der Waals surface area contributed by atoms with Crippen LogP contribution in [0.25, 0.3) is 27.9 Å². The molecule has 1 atom stereocenters. The number of pyridine rings is 2. The number of anilines is 1. The lowest BCUT2D eigenvalue weighted by Gasteiger charge is -2.32. The highest BCUT2D eigenvalue weighted by atomic mass is 127. The summed E-state index contributed by atoms with van der Waals surface area (Å²) in [5.74, 6) is 0.448. The van der Waals surface area contributed by atoms with Crippen molar-refractivity contribution in [3.05, 3.63) is 69.9 Å². The molecule has 0 spiro atoms. The number of nitrogen functional groups attached to an aromatic ring is 1. The molecule has 5 aromatic rings. The highest BCUT2D eigenvalue weighted by molar-refractivity contribution is 14.1. The van der Waals surface area contributed by atoms with E-state index in [2.05, 4.69) is 103 Å². The second-order valence-electron chi connectivity index (χ2n) is 9.44. The van der Waals surface area contributed by atoms with Crippen LogP contribution in [0.5, 0.6) is 0 Å². The number of likely N-dealkylation sites (N-methyl/N-ethyl adjacent to an activating group) is 1. The average Bonchev–Trinajstić information content (AvgIpc) is 3.44. The summed E-state index contributed by atoms with van der Waals surface area (Å²) >= 11 is 2.21. The molecule has 0 aromatic carbocycles. The van der Waals surface area contributed by atoms with E-state index in [1.165, 1.54) is 11.9 Å². The fourth-order valence-electron chi connectivity index (χ4n) is 5.06. The molecular formula is C26H28IN9. The van der Waals surface area contributed by atoms with Gasteiger partial charge in [0.1, 0.15) is 15.8 Å². The van der Waals surface area contributed by atoms with Crippen molar-refractivity contribution in [1.29, 1.82) is 0 Å². The summed E-state index contributed by atoms with van der Waals surface area (Å²) in [6.45, 7) is 7.45. The number of nitrogens with two attached hydrogens (primary N) is 1. The van der Waals surface area contributed by atoms with E-state index in [4.69, 9.17) is 15.8 Å². The number of fused-ring (bicyclic) bond motifs is 2. The number of piperazine rings is 1. The molecule has 6 rings (SSSR count). The zero-order valence-corrected chi connectivity index (χ0v) is 22.5. The Labute approximate surface area is 223 Å².